The van der Waals surface area contributed by atoms with Crippen molar-refractivity contribution in [1.29, 1.82) is 0 Å². The SMILES string of the molecule is Cc1ccccc1COC1(NC(=O)N(C)C)NSC=C1C(N)=O. The zero-order chi connectivity index (χ0) is 17.0. The lowest BCUT2D eigenvalue weighted by atomic mass is 10.1. The number of amides is 3. The second kappa shape index (κ2) is 7.03. The Balaban J connectivity index is 2.24. The molecule has 124 valence electrons. The zero-order valence-electron chi connectivity index (χ0n) is 13.3. The van der Waals surface area contributed by atoms with Crippen molar-refractivity contribution < 1.29 is 14.3 Å². The minimum absolute atomic E-state index is 0.159. The number of primary amides is 1. The van der Waals surface area contributed by atoms with E-state index in [4.69, 9.17) is 10.5 Å². The van der Waals surface area contributed by atoms with Gasteiger partial charge in [-0.15, -0.1) is 0 Å². The van der Waals surface area contributed by atoms with Crippen molar-refractivity contribution in [2.75, 3.05) is 14.1 Å². The molecule has 1 atom stereocenters. The number of hydrogen-bond acceptors (Lipinski definition) is 5. The van der Waals surface area contributed by atoms with Gasteiger partial charge in [0.05, 0.1) is 12.2 Å². The maximum absolute atomic E-state index is 12.1. The second-order valence-electron chi connectivity index (χ2n) is 5.34. The number of benzene rings is 1. The molecule has 0 fully saturated rings. The number of urea groups is 1. The van der Waals surface area contributed by atoms with Gasteiger partial charge in [-0.25, -0.2) is 9.52 Å². The van der Waals surface area contributed by atoms with Gasteiger partial charge in [0.15, 0.2) is 0 Å². The van der Waals surface area contributed by atoms with Crippen LogP contribution in [-0.4, -0.2) is 36.8 Å². The second-order valence-corrected chi connectivity index (χ2v) is 6.01. The normalized spacial score (nSPS) is 20.0. The molecule has 0 aromatic heterocycles. The molecule has 2 rings (SSSR count). The highest BCUT2D eigenvalue weighted by molar-refractivity contribution is 8.00. The number of carbonyl (C=O) groups is 2. The van der Waals surface area contributed by atoms with Gasteiger partial charge in [0, 0.05) is 19.5 Å². The molecule has 23 heavy (non-hydrogen) atoms. The lowest BCUT2D eigenvalue weighted by Crippen LogP contribution is -2.61. The summed E-state index contributed by atoms with van der Waals surface area (Å²) in [4.78, 5) is 25.1. The molecule has 0 bridgehead atoms. The van der Waals surface area contributed by atoms with Gasteiger partial charge in [-0.05, 0) is 30.0 Å². The summed E-state index contributed by atoms with van der Waals surface area (Å²) in [6.07, 6.45) is 0. The van der Waals surface area contributed by atoms with Crippen molar-refractivity contribution in [1.82, 2.24) is 14.9 Å². The van der Waals surface area contributed by atoms with Crippen molar-refractivity contribution in [3.05, 3.63) is 46.4 Å². The Bertz CT molecular complexity index is 647. The number of ether oxygens (including phenoxy) is 1. The number of nitrogens with zero attached hydrogens (tertiary/aromatic N) is 1. The van der Waals surface area contributed by atoms with Gasteiger partial charge >= 0.3 is 6.03 Å². The van der Waals surface area contributed by atoms with Crippen LogP contribution in [0.4, 0.5) is 4.79 Å². The molecule has 0 saturated carbocycles. The third-order valence-corrected chi connectivity index (χ3v) is 4.18. The van der Waals surface area contributed by atoms with E-state index >= 15 is 0 Å². The van der Waals surface area contributed by atoms with Gasteiger partial charge in [-0.3, -0.25) is 10.1 Å². The summed E-state index contributed by atoms with van der Waals surface area (Å²) in [5.41, 5.74) is 7.58. The number of rotatable bonds is 5. The fourth-order valence-corrected chi connectivity index (χ4v) is 2.84. The van der Waals surface area contributed by atoms with Gasteiger partial charge in [0.1, 0.15) is 0 Å². The molecule has 1 unspecified atom stereocenters. The first-order valence-corrected chi connectivity index (χ1v) is 7.85. The van der Waals surface area contributed by atoms with Crippen LogP contribution >= 0.6 is 11.9 Å². The van der Waals surface area contributed by atoms with E-state index in [9.17, 15) is 9.59 Å². The number of carbonyl (C=O) groups excluding carboxylic acids is 2. The molecule has 0 radical (unpaired) electrons. The summed E-state index contributed by atoms with van der Waals surface area (Å²) < 4.78 is 8.81. The summed E-state index contributed by atoms with van der Waals surface area (Å²) >= 11 is 1.14. The van der Waals surface area contributed by atoms with E-state index in [2.05, 4.69) is 10.0 Å². The van der Waals surface area contributed by atoms with Crippen molar-refractivity contribution in [2.24, 2.45) is 5.73 Å². The maximum Gasteiger partial charge on any atom is 0.320 e. The fourth-order valence-electron chi connectivity index (χ4n) is 2.00. The first-order chi connectivity index (χ1) is 10.9. The Morgan fingerprint density at radius 3 is 2.70 bits per heavy atom. The highest BCUT2D eigenvalue weighted by Crippen LogP contribution is 2.29. The van der Waals surface area contributed by atoms with Gasteiger partial charge in [0.25, 0.3) is 5.91 Å². The molecule has 1 aromatic rings. The molecule has 1 aliphatic rings. The first-order valence-electron chi connectivity index (χ1n) is 6.97. The van der Waals surface area contributed by atoms with Gasteiger partial charge < -0.3 is 15.4 Å². The summed E-state index contributed by atoms with van der Waals surface area (Å²) in [6.45, 7) is 2.17. The third kappa shape index (κ3) is 3.84. The van der Waals surface area contributed by atoms with Crippen LogP contribution in [0.5, 0.6) is 0 Å². The number of nitrogens with two attached hydrogens (primary N) is 1. The van der Waals surface area contributed by atoms with Crippen LogP contribution in [0.3, 0.4) is 0 Å². The molecular weight excluding hydrogens is 316 g/mol. The van der Waals surface area contributed by atoms with Crippen LogP contribution in [0.1, 0.15) is 11.1 Å². The van der Waals surface area contributed by atoms with E-state index in [0.717, 1.165) is 23.1 Å². The van der Waals surface area contributed by atoms with Gasteiger partial charge in [0.2, 0.25) is 5.85 Å². The van der Waals surface area contributed by atoms with E-state index in [1.807, 2.05) is 31.2 Å². The smallest absolute Gasteiger partial charge is 0.320 e. The number of aryl methyl sites for hydroxylation is 1. The summed E-state index contributed by atoms with van der Waals surface area (Å²) in [5, 5.41) is 4.21. The minimum Gasteiger partial charge on any atom is -0.366 e. The number of hydrogen-bond donors (Lipinski definition) is 3. The summed E-state index contributed by atoms with van der Waals surface area (Å²) in [6, 6.07) is 7.31. The zero-order valence-corrected chi connectivity index (χ0v) is 14.1. The fraction of sp³-hybridized carbons (Fsp3) is 0.333. The molecule has 0 saturated heterocycles. The van der Waals surface area contributed by atoms with Crippen LogP contribution in [0, 0.1) is 6.92 Å². The Morgan fingerprint density at radius 1 is 1.39 bits per heavy atom. The Labute approximate surface area is 139 Å². The Morgan fingerprint density at radius 2 is 2.09 bits per heavy atom. The summed E-state index contributed by atoms with van der Waals surface area (Å²) in [5.74, 6) is -2.12. The highest BCUT2D eigenvalue weighted by Gasteiger charge is 2.44. The molecule has 1 heterocycles. The molecule has 4 N–H and O–H groups in total. The average molecular weight is 336 g/mol. The van der Waals surface area contributed by atoms with E-state index in [1.165, 1.54) is 10.3 Å². The largest absolute Gasteiger partial charge is 0.366 e. The van der Waals surface area contributed by atoms with Crippen molar-refractivity contribution in [3.8, 4) is 0 Å². The molecule has 1 aliphatic heterocycles. The highest BCUT2D eigenvalue weighted by atomic mass is 32.2. The maximum atomic E-state index is 12.1. The predicted molar refractivity (Wildman–Crippen MR) is 88.9 cm³/mol. The molecule has 7 nitrogen and oxygen atoms in total. The lowest BCUT2D eigenvalue weighted by Gasteiger charge is -2.33. The van der Waals surface area contributed by atoms with Crippen LogP contribution in [0.25, 0.3) is 0 Å². The monoisotopic (exact) mass is 336 g/mol. The summed E-state index contributed by atoms with van der Waals surface area (Å²) in [7, 11) is 3.19. The molecule has 0 aliphatic carbocycles. The Hall–Kier alpha value is -2.03. The minimum atomic E-state index is -1.46. The predicted octanol–water partition coefficient (Wildman–Crippen LogP) is 1.06. The molecule has 8 heteroatoms. The Kier molecular flexibility index (Phi) is 5.30. The van der Waals surface area contributed by atoms with Crippen molar-refractivity contribution in [3.63, 3.8) is 0 Å². The van der Waals surface area contributed by atoms with E-state index in [0.29, 0.717) is 0 Å². The molecule has 3 amide bonds. The van der Waals surface area contributed by atoms with Gasteiger partial charge in [-0.2, -0.15) is 0 Å². The van der Waals surface area contributed by atoms with Crippen molar-refractivity contribution >= 4 is 23.9 Å². The van der Waals surface area contributed by atoms with E-state index in [-0.39, 0.29) is 12.2 Å². The van der Waals surface area contributed by atoms with Crippen LogP contribution in [-0.2, 0) is 16.1 Å². The van der Waals surface area contributed by atoms with Crippen LogP contribution < -0.4 is 15.8 Å². The van der Waals surface area contributed by atoms with Crippen LogP contribution in [0.15, 0.2) is 35.2 Å². The average Bonchev–Trinajstić information content (AvgIpc) is 2.90. The first kappa shape index (κ1) is 17.3. The van der Waals surface area contributed by atoms with Crippen molar-refractivity contribution in [2.45, 2.75) is 19.4 Å². The quantitative estimate of drug-likeness (QED) is 0.552. The topological polar surface area (TPSA) is 96.7 Å². The van der Waals surface area contributed by atoms with E-state index < -0.39 is 17.8 Å². The third-order valence-electron chi connectivity index (χ3n) is 3.42. The van der Waals surface area contributed by atoms with Gasteiger partial charge in [-0.1, -0.05) is 24.3 Å². The molecule has 0 spiro atoms. The van der Waals surface area contributed by atoms with Crippen LogP contribution in [0.2, 0.25) is 0 Å². The molecule has 1 aromatic carbocycles. The molecular formula is C15H20N4O3S. The lowest BCUT2D eigenvalue weighted by molar-refractivity contribution is -0.120. The standard InChI is InChI=1S/C15H20N4O3S/c1-10-6-4-5-7-11(10)8-22-15(17-14(21)19(2)3)12(13(16)20)9-23-18-15/h4-7,9,18H,8H2,1-3H3,(H2,16,20)(H,17,21). The number of nitrogens with one attached hydrogen (secondary N) is 2. The van der Waals surface area contributed by atoms with E-state index in [1.54, 1.807) is 14.1 Å².